The number of hydrogen-bond donors (Lipinski definition) is 0. The normalized spacial score (nSPS) is 15.8. The molecule has 0 radical (unpaired) electrons. The number of nitrogens with zero attached hydrogens (tertiary/aromatic N) is 5. The summed E-state index contributed by atoms with van der Waals surface area (Å²) in [5, 5.41) is 0. The van der Waals surface area contributed by atoms with Crippen LogP contribution in [0.25, 0.3) is 16.9 Å². The summed E-state index contributed by atoms with van der Waals surface area (Å²) in [6.45, 7) is 4.91. The van der Waals surface area contributed by atoms with E-state index in [1.54, 1.807) is 22.6 Å². The highest BCUT2D eigenvalue weighted by Crippen LogP contribution is 2.23. The molecule has 0 aliphatic carbocycles. The van der Waals surface area contributed by atoms with Crippen molar-refractivity contribution in [1.82, 2.24) is 23.7 Å². The van der Waals surface area contributed by atoms with E-state index in [0.29, 0.717) is 37.6 Å². The first kappa shape index (κ1) is 21.8. The third-order valence-corrected chi connectivity index (χ3v) is 8.08. The fourth-order valence-electron chi connectivity index (χ4n) is 4.29. The van der Waals surface area contributed by atoms with Gasteiger partial charge in [0.25, 0.3) is 0 Å². The van der Waals surface area contributed by atoms with Crippen molar-refractivity contribution >= 4 is 21.2 Å². The summed E-state index contributed by atoms with van der Waals surface area (Å²) in [6.07, 6.45) is 2.67. The number of para-hydroxylation sites is 1. The van der Waals surface area contributed by atoms with Crippen molar-refractivity contribution in [2.24, 2.45) is 0 Å². The molecule has 0 amide bonds. The second-order valence-electron chi connectivity index (χ2n) is 8.22. The van der Waals surface area contributed by atoms with Crippen LogP contribution in [0.15, 0.2) is 77.8 Å². The molecule has 3 heterocycles. The van der Waals surface area contributed by atoms with Gasteiger partial charge in [0.05, 0.1) is 11.4 Å². The fraction of sp³-hybridized carbons (Fsp3) is 0.280. The van der Waals surface area contributed by atoms with E-state index in [9.17, 15) is 8.42 Å². The monoisotopic (exact) mass is 461 g/mol. The van der Waals surface area contributed by atoms with E-state index in [2.05, 4.69) is 21.4 Å². The maximum Gasteiger partial charge on any atom is 0.243 e. The van der Waals surface area contributed by atoms with Crippen LogP contribution in [0.4, 0.5) is 0 Å². The standard InChI is InChI=1S/C25H27N5O2S/c1-2-20-10-12-22(13-11-20)33(31,32)29-17-15-28(16-18-29)19-24-27-23-9-6-14-26-25(23)30(24)21-7-4-3-5-8-21/h3-14H,2,15-19H2,1H3. The molecule has 0 N–H and O–H groups in total. The highest BCUT2D eigenvalue weighted by atomic mass is 32.2. The molecule has 7 nitrogen and oxygen atoms in total. The first-order valence-electron chi connectivity index (χ1n) is 11.3. The van der Waals surface area contributed by atoms with Crippen LogP contribution in [0, 0.1) is 0 Å². The summed E-state index contributed by atoms with van der Waals surface area (Å²) in [4.78, 5) is 12.0. The molecule has 170 valence electrons. The Hall–Kier alpha value is -3.07. The molecular formula is C25H27N5O2S. The van der Waals surface area contributed by atoms with E-state index >= 15 is 0 Å². The summed E-state index contributed by atoms with van der Waals surface area (Å²) >= 11 is 0. The Morgan fingerprint density at radius 2 is 1.61 bits per heavy atom. The van der Waals surface area contributed by atoms with Crippen molar-refractivity contribution in [1.29, 1.82) is 0 Å². The van der Waals surface area contributed by atoms with Gasteiger partial charge in [0.15, 0.2) is 5.65 Å². The molecule has 8 heteroatoms. The predicted octanol–water partition coefficient (Wildman–Crippen LogP) is 3.49. The van der Waals surface area contributed by atoms with E-state index in [1.807, 2.05) is 54.6 Å². The van der Waals surface area contributed by atoms with Crippen LogP contribution in [-0.4, -0.2) is 58.3 Å². The molecule has 1 saturated heterocycles. The molecule has 0 unspecified atom stereocenters. The zero-order valence-corrected chi connectivity index (χ0v) is 19.4. The number of fused-ring (bicyclic) bond motifs is 1. The van der Waals surface area contributed by atoms with E-state index in [0.717, 1.165) is 34.7 Å². The van der Waals surface area contributed by atoms with E-state index in [4.69, 9.17) is 4.98 Å². The van der Waals surface area contributed by atoms with Crippen LogP contribution in [0.3, 0.4) is 0 Å². The largest absolute Gasteiger partial charge is 0.293 e. The van der Waals surface area contributed by atoms with Gasteiger partial charge in [-0.2, -0.15) is 4.31 Å². The van der Waals surface area contributed by atoms with Gasteiger partial charge in [-0.1, -0.05) is 37.3 Å². The van der Waals surface area contributed by atoms with Crippen LogP contribution < -0.4 is 0 Å². The van der Waals surface area contributed by atoms with Gasteiger partial charge in [-0.3, -0.25) is 9.47 Å². The minimum absolute atomic E-state index is 0.366. The molecule has 1 aliphatic rings. The maximum atomic E-state index is 13.1. The molecule has 0 atom stereocenters. The molecule has 33 heavy (non-hydrogen) atoms. The maximum absolute atomic E-state index is 13.1. The van der Waals surface area contributed by atoms with Crippen LogP contribution in [0.5, 0.6) is 0 Å². The summed E-state index contributed by atoms with van der Waals surface area (Å²) in [5.74, 6) is 0.904. The lowest BCUT2D eigenvalue weighted by atomic mass is 10.2. The number of aromatic nitrogens is 3. The Kier molecular flexibility index (Phi) is 5.97. The van der Waals surface area contributed by atoms with Gasteiger partial charge in [0, 0.05) is 38.1 Å². The van der Waals surface area contributed by atoms with Crippen LogP contribution >= 0.6 is 0 Å². The minimum atomic E-state index is -3.48. The Labute approximate surface area is 194 Å². The minimum Gasteiger partial charge on any atom is -0.293 e. The third kappa shape index (κ3) is 4.29. The highest BCUT2D eigenvalue weighted by molar-refractivity contribution is 7.89. The van der Waals surface area contributed by atoms with Gasteiger partial charge in [0.1, 0.15) is 11.3 Å². The number of hydrogen-bond acceptors (Lipinski definition) is 5. The SMILES string of the molecule is CCc1ccc(S(=O)(=O)N2CCN(Cc3nc4cccnc4n3-c3ccccc3)CC2)cc1. The Morgan fingerprint density at radius 1 is 0.879 bits per heavy atom. The fourth-order valence-corrected chi connectivity index (χ4v) is 5.71. The summed E-state index contributed by atoms with van der Waals surface area (Å²) < 4.78 is 29.9. The molecule has 2 aromatic carbocycles. The summed E-state index contributed by atoms with van der Waals surface area (Å²) in [7, 11) is -3.48. The predicted molar refractivity (Wildman–Crippen MR) is 129 cm³/mol. The topological polar surface area (TPSA) is 71.3 Å². The average molecular weight is 462 g/mol. The van der Waals surface area contributed by atoms with Gasteiger partial charge in [-0.05, 0) is 48.4 Å². The van der Waals surface area contributed by atoms with Crippen molar-refractivity contribution < 1.29 is 8.42 Å². The highest BCUT2D eigenvalue weighted by Gasteiger charge is 2.29. The lowest BCUT2D eigenvalue weighted by Gasteiger charge is -2.33. The van der Waals surface area contributed by atoms with Crippen molar-refractivity contribution in [3.05, 3.63) is 84.3 Å². The Balaban J connectivity index is 1.34. The Bertz CT molecular complexity index is 1340. The first-order valence-corrected chi connectivity index (χ1v) is 12.7. The summed E-state index contributed by atoms with van der Waals surface area (Å²) in [6, 6.07) is 21.2. The van der Waals surface area contributed by atoms with Crippen molar-refractivity contribution in [2.75, 3.05) is 26.2 Å². The zero-order valence-electron chi connectivity index (χ0n) is 18.6. The van der Waals surface area contributed by atoms with Crippen LogP contribution in [0.1, 0.15) is 18.3 Å². The number of aryl methyl sites for hydroxylation is 1. The lowest BCUT2D eigenvalue weighted by molar-refractivity contribution is 0.177. The van der Waals surface area contributed by atoms with E-state index in [1.165, 1.54) is 0 Å². The number of piperazine rings is 1. The van der Waals surface area contributed by atoms with Crippen LogP contribution in [0.2, 0.25) is 0 Å². The van der Waals surface area contributed by atoms with Gasteiger partial charge in [-0.25, -0.2) is 18.4 Å². The van der Waals surface area contributed by atoms with Crippen molar-refractivity contribution in [3.8, 4) is 5.69 Å². The van der Waals surface area contributed by atoms with Gasteiger partial charge >= 0.3 is 0 Å². The average Bonchev–Trinajstić information content (AvgIpc) is 3.22. The number of rotatable bonds is 6. The molecule has 0 saturated carbocycles. The molecule has 1 aliphatic heterocycles. The Morgan fingerprint density at radius 3 is 2.30 bits per heavy atom. The zero-order chi connectivity index (χ0) is 22.8. The first-order chi connectivity index (χ1) is 16.1. The lowest BCUT2D eigenvalue weighted by Crippen LogP contribution is -2.48. The van der Waals surface area contributed by atoms with E-state index < -0.39 is 10.0 Å². The molecule has 2 aromatic heterocycles. The quantitative estimate of drug-likeness (QED) is 0.440. The smallest absolute Gasteiger partial charge is 0.243 e. The number of imidazole rings is 1. The molecule has 0 spiro atoms. The third-order valence-electron chi connectivity index (χ3n) is 6.17. The molecule has 5 rings (SSSR count). The molecule has 4 aromatic rings. The second-order valence-corrected chi connectivity index (χ2v) is 10.2. The van der Waals surface area contributed by atoms with Gasteiger partial charge < -0.3 is 0 Å². The van der Waals surface area contributed by atoms with Crippen LogP contribution in [-0.2, 0) is 23.0 Å². The second kappa shape index (κ2) is 9.05. The molecular weight excluding hydrogens is 434 g/mol. The van der Waals surface area contributed by atoms with Crippen molar-refractivity contribution in [3.63, 3.8) is 0 Å². The molecule has 0 bridgehead atoms. The molecule has 1 fully saturated rings. The van der Waals surface area contributed by atoms with Crippen molar-refractivity contribution in [2.45, 2.75) is 24.8 Å². The van der Waals surface area contributed by atoms with Gasteiger partial charge in [0.2, 0.25) is 10.0 Å². The number of benzene rings is 2. The number of sulfonamides is 1. The van der Waals surface area contributed by atoms with Gasteiger partial charge in [-0.15, -0.1) is 0 Å². The number of pyridine rings is 1. The summed E-state index contributed by atoms with van der Waals surface area (Å²) in [5.41, 5.74) is 3.84. The van der Waals surface area contributed by atoms with E-state index in [-0.39, 0.29) is 0 Å².